The number of unbranched alkanes of at least 4 members (excludes halogenated alkanes) is 2. The van der Waals surface area contributed by atoms with Gasteiger partial charge < -0.3 is 0 Å². The Morgan fingerprint density at radius 1 is 1.11 bits per heavy atom. The van der Waals surface area contributed by atoms with Crippen molar-refractivity contribution in [1.29, 1.82) is 0 Å². The number of imidazole rings is 1. The summed E-state index contributed by atoms with van der Waals surface area (Å²) >= 11 is 0. The number of nitrogens with zero attached hydrogens (tertiary/aromatic N) is 3. The standard InChI is InChI=1S/C15H17N3/c1-2-3-4-7-12-10-11-16-15-17-13-8-5-6-9-14(13)18(12)15/h5-6,8-11H,2-4,7H2,1H3. The van der Waals surface area contributed by atoms with Crippen molar-refractivity contribution in [2.75, 3.05) is 0 Å². The van der Waals surface area contributed by atoms with Gasteiger partial charge in [-0.2, -0.15) is 0 Å². The Hall–Kier alpha value is -1.90. The van der Waals surface area contributed by atoms with Gasteiger partial charge >= 0.3 is 0 Å². The Bertz CT molecular complexity index is 670. The van der Waals surface area contributed by atoms with Crippen molar-refractivity contribution in [3.63, 3.8) is 0 Å². The molecule has 3 rings (SSSR count). The van der Waals surface area contributed by atoms with Gasteiger partial charge in [0, 0.05) is 11.9 Å². The van der Waals surface area contributed by atoms with E-state index in [0.717, 1.165) is 23.2 Å². The summed E-state index contributed by atoms with van der Waals surface area (Å²) in [5.41, 5.74) is 3.49. The first-order chi connectivity index (χ1) is 8.90. The third-order valence-corrected chi connectivity index (χ3v) is 3.32. The number of aromatic nitrogens is 3. The quantitative estimate of drug-likeness (QED) is 0.651. The van der Waals surface area contributed by atoms with Crippen LogP contribution in [0.3, 0.4) is 0 Å². The van der Waals surface area contributed by atoms with E-state index >= 15 is 0 Å². The lowest BCUT2D eigenvalue weighted by Crippen LogP contribution is -1.98. The molecule has 0 aliphatic rings. The van der Waals surface area contributed by atoms with Crippen molar-refractivity contribution in [3.8, 4) is 0 Å². The van der Waals surface area contributed by atoms with Crippen molar-refractivity contribution in [3.05, 3.63) is 42.2 Å². The number of para-hydroxylation sites is 2. The minimum atomic E-state index is 0.810. The predicted octanol–water partition coefficient (Wildman–Crippen LogP) is 3.62. The van der Waals surface area contributed by atoms with Crippen LogP contribution in [0.5, 0.6) is 0 Å². The Balaban J connectivity index is 2.13. The van der Waals surface area contributed by atoms with Crippen molar-refractivity contribution >= 4 is 16.8 Å². The summed E-state index contributed by atoms with van der Waals surface area (Å²) in [7, 11) is 0. The molecule has 0 saturated heterocycles. The molecule has 3 heteroatoms. The van der Waals surface area contributed by atoms with Gasteiger partial charge in [-0.1, -0.05) is 31.9 Å². The van der Waals surface area contributed by atoms with Crippen LogP contribution in [-0.4, -0.2) is 14.4 Å². The molecule has 3 aromatic rings. The molecule has 0 unspecified atom stereocenters. The SMILES string of the molecule is CCCCCc1ccnc2nc3ccccc3n12. The third kappa shape index (κ3) is 1.86. The molecule has 92 valence electrons. The molecule has 0 fully saturated rings. The van der Waals surface area contributed by atoms with Gasteiger partial charge in [-0.3, -0.25) is 4.40 Å². The summed E-state index contributed by atoms with van der Waals surface area (Å²) in [6, 6.07) is 10.3. The van der Waals surface area contributed by atoms with Crippen molar-refractivity contribution in [2.45, 2.75) is 32.6 Å². The Morgan fingerprint density at radius 3 is 2.89 bits per heavy atom. The van der Waals surface area contributed by atoms with Crippen LogP contribution in [0.2, 0.25) is 0 Å². The van der Waals surface area contributed by atoms with Crippen molar-refractivity contribution in [1.82, 2.24) is 14.4 Å². The number of hydrogen-bond donors (Lipinski definition) is 0. The van der Waals surface area contributed by atoms with Crippen LogP contribution >= 0.6 is 0 Å². The summed E-state index contributed by atoms with van der Waals surface area (Å²) in [5.74, 6) is 0.810. The first-order valence-corrected chi connectivity index (χ1v) is 6.61. The fourth-order valence-electron chi connectivity index (χ4n) is 2.40. The Kier molecular flexibility index (Phi) is 2.97. The molecule has 0 aliphatic heterocycles. The largest absolute Gasteiger partial charge is 0.281 e. The molecular weight excluding hydrogens is 222 g/mol. The number of benzene rings is 1. The second-order valence-electron chi connectivity index (χ2n) is 4.63. The van der Waals surface area contributed by atoms with Crippen LogP contribution < -0.4 is 0 Å². The van der Waals surface area contributed by atoms with E-state index in [1.54, 1.807) is 0 Å². The molecule has 2 heterocycles. The molecular formula is C15H17N3. The third-order valence-electron chi connectivity index (χ3n) is 3.32. The molecule has 18 heavy (non-hydrogen) atoms. The van der Waals surface area contributed by atoms with E-state index in [4.69, 9.17) is 0 Å². The van der Waals surface area contributed by atoms with Gasteiger partial charge in [-0.05, 0) is 31.0 Å². The van der Waals surface area contributed by atoms with Gasteiger partial charge in [0.1, 0.15) is 0 Å². The fourth-order valence-corrected chi connectivity index (χ4v) is 2.40. The van der Waals surface area contributed by atoms with Gasteiger partial charge in [0.15, 0.2) is 0 Å². The summed E-state index contributed by atoms with van der Waals surface area (Å²) in [4.78, 5) is 8.92. The molecule has 0 aliphatic carbocycles. The van der Waals surface area contributed by atoms with Gasteiger partial charge in [-0.15, -0.1) is 0 Å². The average molecular weight is 239 g/mol. The maximum Gasteiger partial charge on any atom is 0.235 e. The number of hydrogen-bond acceptors (Lipinski definition) is 2. The molecule has 0 saturated carbocycles. The number of rotatable bonds is 4. The predicted molar refractivity (Wildman–Crippen MR) is 73.7 cm³/mol. The zero-order valence-electron chi connectivity index (χ0n) is 10.6. The first-order valence-electron chi connectivity index (χ1n) is 6.61. The van der Waals surface area contributed by atoms with Crippen LogP contribution in [0.15, 0.2) is 36.5 Å². The van der Waals surface area contributed by atoms with Crippen LogP contribution in [-0.2, 0) is 6.42 Å². The van der Waals surface area contributed by atoms with Crippen LogP contribution in [0.25, 0.3) is 16.8 Å². The summed E-state index contributed by atoms with van der Waals surface area (Å²) < 4.78 is 2.19. The zero-order valence-corrected chi connectivity index (χ0v) is 10.6. The molecule has 0 N–H and O–H groups in total. The molecule has 2 aromatic heterocycles. The first kappa shape index (κ1) is 11.2. The van der Waals surface area contributed by atoms with Crippen LogP contribution in [0.4, 0.5) is 0 Å². The zero-order chi connectivity index (χ0) is 12.4. The lowest BCUT2D eigenvalue weighted by Gasteiger charge is -2.05. The van der Waals surface area contributed by atoms with E-state index < -0.39 is 0 Å². The van der Waals surface area contributed by atoms with Gasteiger partial charge in [-0.25, -0.2) is 9.97 Å². The highest BCUT2D eigenvalue weighted by Gasteiger charge is 2.07. The van der Waals surface area contributed by atoms with E-state index in [2.05, 4.69) is 39.5 Å². The minimum absolute atomic E-state index is 0.810. The second-order valence-corrected chi connectivity index (χ2v) is 4.63. The van der Waals surface area contributed by atoms with E-state index in [1.165, 1.54) is 25.0 Å². The molecule has 0 atom stereocenters. The van der Waals surface area contributed by atoms with E-state index in [9.17, 15) is 0 Å². The molecule has 0 spiro atoms. The topological polar surface area (TPSA) is 30.2 Å². The maximum absolute atomic E-state index is 4.56. The normalized spacial score (nSPS) is 11.4. The van der Waals surface area contributed by atoms with Gasteiger partial charge in [0.2, 0.25) is 5.78 Å². The lowest BCUT2D eigenvalue weighted by molar-refractivity contribution is 0.702. The maximum atomic E-state index is 4.56. The molecule has 1 aromatic carbocycles. The highest BCUT2D eigenvalue weighted by atomic mass is 15.1. The summed E-state index contributed by atoms with van der Waals surface area (Å²) in [6.45, 7) is 2.23. The summed E-state index contributed by atoms with van der Waals surface area (Å²) in [6.07, 6.45) is 6.70. The highest BCUT2D eigenvalue weighted by molar-refractivity contribution is 5.79. The monoisotopic (exact) mass is 239 g/mol. The van der Waals surface area contributed by atoms with Gasteiger partial charge in [0.05, 0.1) is 11.0 Å². The number of fused-ring (bicyclic) bond motifs is 3. The molecule has 0 amide bonds. The van der Waals surface area contributed by atoms with Crippen molar-refractivity contribution < 1.29 is 0 Å². The average Bonchev–Trinajstić information content (AvgIpc) is 2.78. The van der Waals surface area contributed by atoms with Gasteiger partial charge in [0.25, 0.3) is 0 Å². The number of aryl methyl sites for hydroxylation is 1. The van der Waals surface area contributed by atoms with E-state index in [-0.39, 0.29) is 0 Å². The molecule has 3 nitrogen and oxygen atoms in total. The Morgan fingerprint density at radius 2 is 2.00 bits per heavy atom. The summed E-state index contributed by atoms with van der Waals surface area (Å²) in [5, 5.41) is 0. The molecule has 0 radical (unpaired) electrons. The smallest absolute Gasteiger partial charge is 0.235 e. The highest BCUT2D eigenvalue weighted by Crippen LogP contribution is 2.18. The fraction of sp³-hybridized carbons (Fsp3) is 0.333. The van der Waals surface area contributed by atoms with E-state index in [1.807, 2.05) is 18.3 Å². The van der Waals surface area contributed by atoms with Crippen LogP contribution in [0.1, 0.15) is 31.9 Å². The second kappa shape index (κ2) is 4.77. The lowest BCUT2D eigenvalue weighted by atomic mass is 10.1. The minimum Gasteiger partial charge on any atom is -0.281 e. The van der Waals surface area contributed by atoms with Crippen LogP contribution in [0, 0.1) is 0 Å². The Labute approximate surface area is 106 Å². The molecule has 0 bridgehead atoms. The van der Waals surface area contributed by atoms with E-state index in [0.29, 0.717) is 0 Å². The van der Waals surface area contributed by atoms with Crippen molar-refractivity contribution in [2.24, 2.45) is 0 Å².